The van der Waals surface area contributed by atoms with Crippen molar-refractivity contribution < 1.29 is 4.42 Å². The lowest BCUT2D eigenvalue weighted by atomic mass is 10.0. The number of fused-ring (bicyclic) bond motifs is 10. The van der Waals surface area contributed by atoms with E-state index >= 15 is 0 Å². The molecule has 0 atom stereocenters. The predicted molar refractivity (Wildman–Crippen MR) is 246 cm³/mol. The molecule has 0 amide bonds. The van der Waals surface area contributed by atoms with E-state index in [1.807, 2.05) is 24.3 Å². The van der Waals surface area contributed by atoms with Gasteiger partial charge in [0, 0.05) is 55.6 Å². The zero-order chi connectivity index (χ0) is 38.9. The largest absolute Gasteiger partial charge is 0.455 e. The Labute approximate surface area is 340 Å². The molecule has 0 N–H and O–H groups in total. The molecule has 4 heterocycles. The first-order chi connectivity index (χ1) is 29.3. The zero-order valence-corrected chi connectivity index (χ0v) is 32.1. The van der Waals surface area contributed by atoms with Crippen molar-refractivity contribution in [1.82, 2.24) is 9.13 Å². The maximum Gasteiger partial charge on any atom is 0.161 e. The predicted octanol–water partition coefficient (Wildman–Crippen LogP) is 14.0. The zero-order valence-electron chi connectivity index (χ0n) is 32.1. The molecule has 3 aromatic heterocycles. The number of para-hydroxylation sites is 4. The van der Waals surface area contributed by atoms with Gasteiger partial charge < -0.3 is 8.98 Å². The number of furan rings is 1. The lowest BCUT2D eigenvalue weighted by molar-refractivity contribution is 0.670. The van der Waals surface area contributed by atoms with Crippen molar-refractivity contribution in [1.29, 1.82) is 0 Å². The topological polar surface area (TPSA) is 47.7 Å². The second-order valence-corrected chi connectivity index (χ2v) is 15.2. The molecule has 11 aromatic rings. The molecule has 1 aliphatic heterocycles. The van der Waals surface area contributed by atoms with Crippen LogP contribution in [-0.2, 0) is 0 Å². The number of amidine groups is 1. The summed E-state index contributed by atoms with van der Waals surface area (Å²) in [6.07, 6.45) is 3.78. The highest BCUT2D eigenvalue weighted by Gasteiger charge is 2.24. The SMILES string of the molecule is C1=C(c2ccccc2)/N=C(c2ccccc2)\N=C(\n2c3ccccc3c3ccc4c5ccccc5n(-c5cccc(-c6cccc7c6oc6ccccc67)c5)c4c32)CC\1. The van der Waals surface area contributed by atoms with Gasteiger partial charge in [0.25, 0.3) is 0 Å². The molecule has 0 saturated heterocycles. The van der Waals surface area contributed by atoms with Crippen LogP contribution >= 0.6 is 0 Å². The van der Waals surface area contributed by atoms with Crippen molar-refractivity contribution in [3.63, 3.8) is 0 Å². The van der Waals surface area contributed by atoms with Crippen LogP contribution in [0.3, 0.4) is 0 Å². The van der Waals surface area contributed by atoms with E-state index in [9.17, 15) is 0 Å². The normalized spacial score (nSPS) is 16.2. The second kappa shape index (κ2) is 13.4. The summed E-state index contributed by atoms with van der Waals surface area (Å²) in [4.78, 5) is 10.9. The van der Waals surface area contributed by atoms with E-state index in [2.05, 4.69) is 179 Å². The molecule has 278 valence electrons. The molecule has 5 heteroatoms. The van der Waals surface area contributed by atoms with E-state index in [0.29, 0.717) is 5.84 Å². The second-order valence-electron chi connectivity index (χ2n) is 15.2. The Morgan fingerprint density at radius 3 is 1.80 bits per heavy atom. The van der Waals surface area contributed by atoms with E-state index in [-0.39, 0.29) is 0 Å². The number of hydrogen-bond donors (Lipinski definition) is 0. The first kappa shape index (κ1) is 33.4. The third-order valence-electron chi connectivity index (χ3n) is 11.8. The number of benzene rings is 8. The molecule has 0 spiro atoms. The molecule has 5 nitrogen and oxygen atoms in total. The van der Waals surface area contributed by atoms with E-state index < -0.39 is 0 Å². The van der Waals surface area contributed by atoms with Crippen molar-refractivity contribution in [3.05, 3.63) is 205 Å². The van der Waals surface area contributed by atoms with Crippen LogP contribution in [0.15, 0.2) is 209 Å². The molecular weight excluding hydrogens is 721 g/mol. The quantitative estimate of drug-likeness (QED) is 0.176. The summed E-state index contributed by atoms with van der Waals surface area (Å²) >= 11 is 0. The van der Waals surface area contributed by atoms with Crippen molar-refractivity contribution in [2.24, 2.45) is 9.98 Å². The highest BCUT2D eigenvalue weighted by molar-refractivity contribution is 6.26. The number of hydrogen-bond acceptors (Lipinski definition) is 3. The molecule has 0 bridgehead atoms. The van der Waals surface area contributed by atoms with Gasteiger partial charge in [-0.3, -0.25) is 4.57 Å². The lowest BCUT2D eigenvalue weighted by Gasteiger charge is -2.17. The summed E-state index contributed by atoms with van der Waals surface area (Å²) in [5.74, 6) is 1.65. The first-order valence-electron chi connectivity index (χ1n) is 20.2. The van der Waals surface area contributed by atoms with Gasteiger partial charge in [0.15, 0.2) is 5.84 Å². The van der Waals surface area contributed by atoms with Crippen LogP contribution in [0.25, 0.3) is 88.1 Å². The van der Waals surface area contributed by atoms with Crippen molar-refractivity contribution in [2.75, 3.05) is 0 Å². The Morgan fingerprint density at radius 1 is 0.441 bits per heavy atom. The smallest absolute Gasteiger partial charge is 0.161 e. The fourth-order valence-electron chi connectivity index (χ4n) is 9.19. The van der Waals surface area contributed by atoms with Gasteiger partial charge in [-0.15, -0.1) is 0 Å². The van der Waals surface area contributed by atoms with Crippen molar-refractivity contribution >= 4 is 82.9 Å². The molecule has 0 fully saturated rings. The molecular formula is C54H36N4O. The Bertz CT molecular complexity index is 3540. The molecule has 0 aliphatic carbocycles. The van der Waals surface area contributed by atoms with Gasteiger partial charge in [0.2, 0.25) is 0 Å². The molecule has 12 rings (SSSR count). The third-order valence-corrected chi connectivity index (χ3v) is 11.8. The van der Waals surface area contributed by atoms with Gasteiger partial charge in [-0.2, -0.15) is 0 Å². The highest BCUT2D eigenvalue weighted by Crippen LogP contribution is 2.42. The third kappa shape index (κ3) is 5.32. The summed E-state index contributed by atoms with van der Waals surface area (Å²) in [6.45, 7) is 0. The summed E-state index contributed by atoms with van der Waals surface area (Å²) < 4.78 is 11.4. The van der Waals surface area contributed by atoms with Gasteiger partial charge in [0.1, 0.15) is 17.0 Å². The average Bonchev–Trinajstić information content (AvgIpc) is 3.95. The van der Waals surface area contributed by atoms with E-state index in [1.165, 1.54) is 21.5 Å². The summed E-state index contributed by atoms with van der Waals surface area (Å²) in [7, 11) is 0. The minimum atomic E-state index is 0.696. The minimum absolute atomic E-state index is 0.696. The monoisotopic (exact) mass is 756 g/mol. The van der Waals surface area contributed by atoms with Gasteiger partial charge in [0.05, 0.1) is 27.8 Å². The molecule has 59 heavy (non-hydrogen) atoms. The van der Waals surface area contributed by atoms with E-state index in [4.69, 9.17) is 14.4 Å². The maximum atomic E-state index is 6.54. The standard InChI is InChI=1S/C54H36N4O/c1-3-16-35(17-4-1)46-27-15-31-50(56-54(55-46)36-18-5-2-6-19-36)58-48-29-11-8-23-41(48)44-33-32-43-40-22-7-10-28-47(40)57(51(43)52(44)58)38-21-13-20-37(34-38)39-25-14-26-45-42-24-9-12-30-49(42)59-53(39)45/h1-14,16-30,32-34H,15,31H2/b46-27-,55-54-,56-50+. The summed E-state index contributed by atoms with van der Waals surface area (Å²) in [6, 6.07) is 66.5. The van der Waals surface area contributed by atoms with Crippen LogP contribution in [-0.4, -0.2) is 20.8 Å². The molecule has 0 unspecified atom stereocenters. The van der Waals surface area contributed by atoms with E-state index in [0.717, 1.165) is 96.3 Å². The number of rotatable bonds is 4. The van der Waals surface area contributed by atoms with Gasteiger partial charge in [-0.1, -0.05) is 164 Å². The van der Waals surface area contributed by atoms with Crippen LogP contribution in [0.2, 0.25) is 0 Å². The molecule has 1 aliphatic rings. The number of allylic oxidation sites excluding steroid dienone is 1. The van der Waals surface area contributed by atoms with Crippen LogP contribution in [0, 0.1) is 0 Å². The van der Waals surface area contributed by atoms with Crippen LogP contribution in [0.5, 0.6) is 0 Å². The molecule has 8 aromatic carbocycles. The number of aromatic nitrogens is 2. The minimum Gasteiger partial charge on any atom is -0.455 e. The van der Waals surface area contributed by atoms with Gasteiger partial charge >= 0.3 is 0 Å². The van der Waals surface area contributed by atoms with Crippen molar-refractivity contribution in [2.45, 2.75) is 12.8 Å². The molecule has 0 saturated carbocycles. The Morgan fingerprint density at radius 2 is 1.03 bits per heavy atom. The Balaban J connectivity index is 1.14. The van der Waals surface area contributed by atoms with Crippen molar-refractivity contribution in [3.8, 4) is 16.8 Å². The number of aliphatic imine (C=N–C) groups is 2. The Kier molecular flexibility index (Phi) is 7.60. The first-order valence-corrected chi connectivity index (χ1v) is 20.2. The number of nitrogens with zero attached hydrogens (tertiary/aromatic N) is 4. The van der Waals surface area contributed by atoms with Crippen LogP contribution < -0.4 is 0 Å². The molecule has 0 radical (unpaired) electrons. The maximum absolute atomic E-state index is 6.54. The van der Waals surface area contributed by atoms with Gasteiger partial charge in [-0.25, -0.2) is 9.98 Å². The fourth-order valence-corrected chi connectivity index (χ4v) is 9.19. The highest BCUT2D eigenvalue weighted by atomic mass is 16.3. The Hall–Kier alpha value is -7.76. The summed E-state index contributed by atoms with van der Waals surface area (Å²) in [5.41, 5.74) is 12.6. The summed E-state index contributed by atoms with van der Waals surface area (Å²) in [5, 5.41) is 7.02. The van der Waals surface area contributed by atoms with Crippen LogP contribution in [0.1, 0.15) is 24.0 Å². The fraction of sp³-hybridized carbons (Fsp3) is 0.0370. The van der Waals surface area contributed by atoms with Gasteiger partial charge in [-0.05, 0) is 47.9 Å². The average molecular weight is 757 g/mol. The lowest BCUT2D eigenvalue weighted by Crippen LogP contribution is -2.16. The van der Waals surface area contributed by atoms with E-state index in [1.54, 1.807) is 0 Å². The van der Waals surface area contributed by atoms with Crippen LogP contribution in [0.4, 0.5) is 0 Å².